The molecule has 7 heteroatoms. The lowest BCUT2D eigenvalue weighted by Crippen LogP contribution is -2.49. The van der Waals surface area contributed by atoms with Gasteiger partial charge in [-0.3, -0.25) is 4.79 Å². The molecule has 130 valence electrons. The number of esters is 1. The summed E-state index contributed by atoms with van der Waals surface area (Å²) in [5, 5.41) is 0. The lowest BCUT2D eigenvalue weighted by molar-refractivity contribution is -0.188. The molecule has 1 atom stereocenters. The van der Waals surface area contributed by atoms with Crippen LogP contribution in [0.2, 0.25) is 0 Å². The topological polar surface area (TPSA) is 46.6 Å². The lowest BCUT2D eigenvalue weighted by atomic mass is 10.0. The van der Waals surface area contributed by atoms with Crippen LogP contribution in [0.25, 0.3) is 0 Å². The molecule has 4 nitrogen and oxygen atoms in total. The Balaban J connectivity index is 0.00000232. The first-order valence-electron chi connectivity index (χ1n) is 7.14. The lowest BCUT2D eigenvalue weighted by Gasteiger charge is -2.26. The molecule has 1 amide bonds. The van der Waals surface area contributed by atoms with Crippen molar-refractivity contribution in [3.8, 4) is 0 Å². The summed E-state index contributed by atoms with van der Waals surface area (Å²) in [5.41, 5.74) is 1.62. The molecule has 0 radical (unpaired) electrons. The van der Waals surface area contributed by atoms with Gasteiger partial charge in [0.05, 0.1) is 7.11 Å². The Kier molecular flexibility index (Phi) is 8.35. The minimum Gasteiger partial charge on any atom is -0.467 e. The Morgan fingerprint density at radius 2 is 1.65 bits per heavy atom. The highest BCUT2D eigenvalue weighted by Gasteiger charge is 2.44. The number of methoxy groups -OCH3 is 1. The number of halogens is 3. The van der Waals surface area contributed by atoms with Gasteiger partial charge in [0.1, 0.15) is 6.04 Å². The minimum atomic E-state index is -5.03. The van der Waals surface area contributed by atoms with Gasteiger partial charge in [-0.2, -0.15) is 13.2 Å². The zero-order valence-corrected chi connectivity index (χ0v) is 13.9. The zero-order valence-electron chi connectivity index (χ0n) is 13.9. The number of alkyl halides is 3. The first-order chi connectivity index (χ1) is 10.7. The van der Waals surface area contributed by atoms with Crippen molar-refractivity contribution in [3.05, 3.63) is 35.4 Å². The van der Waals surface area contributed by atoms with Crippen LogP contribution >= 0.6 is 0 Å². The monoisotopic (exact) mass is 333 g/mol. The van der Waals surface area contributed by atoms with Crippen LogP contribution in [0.15, 0.2) is 24.3 Å². The number of aryl methyl sites for hydroxylation is 1. The van der Waals surface area contributed by atoms with Gasteiger partial charge < -0.3 is 9.64 Å². The Morgan fingerprint density at radius 1 is 1.17 bits per heavy atom. The summed E-state index contributed by atoms with van der Waals surface area (Å²) in [6, 6.07) is 5.60. The molecule has 0 N–H and O–H groups in total. The summed E-state index contributed by atoms with van der Waals surface area (Å²) in [4.78, 5) is 23.3. The van der Waals surface area contributed by atoms with Crippen molar-refractivity contribution in [2.24, 2.45) is 0 Å². The molecule has 0 saturated heterocycles. The number of benzene rings is 1. The molecule has 0 heterocycles. The van der Waals surface area contributed by atoms with Gasteiger partial charge >= 0.3 is 18.1 Å². The smallest absolute Gasteiger partial charge is 0.467 e. The second-order valence-electron chi connectivity index (χ2n) is 4.64. The van der Waals surface area contributed by atoms with Crippen LogP contribution in [0.3, 0.4) is 0 Å². The van der Waals surface area contributed by atoms with Crippen molar-refractivity contribution in [2.45, 2.75) is 39.4 Å². The third kappa shape index (κ3) is 6.30. The maximum absolute atomic E-state index is 12.5. The molecule has 23 heavy (non-hydrogen) atoms. The number of carbonyl (C=O) groups excluding carboxylic acids is 2. The van der Waals surface area contributed by atoms with Crippen molar-refractivity contribution in [3.63, 3.8) is 0 Å². The molecule has 0 aliphatic rings. The van der Waals surface area contributed by atoms with Gasteiger partial charge in [0.15, 0.2) is 0 Å². The third-order valence-electron chi connectivity index (χ3n) is 3.05. The van der Waals surface area contributed by atoms with E-state index >= 15 is 0 Å². The van der Waals surface area contributed by atoms with Crippen molar-refractivity contribution in [2.75, 3.05) is 14.2 Å². The zero-order chi connectivity index (χ0) is 18.2. The summed E-state index contributed by atoms with van der Waals surface area (Å²) < 4.78 is 41.9. The highest BCUT2D eigenvalue weighted by atomic mass is 19.4. The summed E-state index contributed by atoms with van der Waals surface area (Å²) in [6.07, 6.45) is -5.08. The van der Waals surface area contributed by atoms with Gasteiger partial charge in [0.2, 0.25) is 0 Å². The maximum Gasteiger partial charge on any atom is 0.471 e. The number of hydrogen-bond acceptors (Lipinski definition) is 3. The fourth-order valence-corrected chi connectivity index (χ4v) is 1.80. The Bertz CT molecular complexity index is 512. The van der Waals surface area contributed by atoms with Crippen LogP contribution in [0.4, 0.5) is 13.2 Å². The number of nitrogens with zero attached hydrogens (tertiary/aromatic N) is 1. The van der Waals surface area contributed by atoms with Gasteiger partial charge in [-0.25, -0.2) is 4.79 Å². The van der Waals surface area contributed by atoms with Crippen LogP contribution in [0.1, 0.15) is 25.0 Å². The second kappa shape index (κ2) is 9.17. The van der Waals surface area contributed by atoms with E-state index in [-0.39, 0.29) is 6.42 Å². The number of carbonyl (C=O) groups is 2. The number of hydrogen-bond donors (Lipinski definition) is 0. The van der Waals surface area contributed by atoms with Crippen LogP contribution < -0.4 is 0 Å². The minimum absolute atomic E-state index is 0.0503. The first-order valence-corrected chi connectivity index (χ1v) is 7.14. The largest absolute Gasteiger partial charge is 0.471 e. The highest BCUT2D eigenvalue weighted by Crippen LogP contribution is 2.21. The van der Waals surface area contributed by atoms with Crippen LogP contribution in [-0.4, -0.2) is 43.2 Å². The van der Waals surface area contributed by atoms with E-state index in [0.717, 1.165) is 19.7 Å². The van der Waals surface area contributed by atoms with E-state index in [9.17, 15) is 22.8 Å². The number of likely N-dealkylation sites (N-methyl/N-ethyl adjacent to an activating group) is 1. The molecule has 1 unspecified atom stereocenters. The number of ether oxygens (including phenoxy) is 1. The molecular formula is C16H22F3NO3. The van der Waals surface area contributed by atoms with Gasteiger partial charge in [-0.1, -0.05) is 43.7 Å². The Labute approximate surface area is 134 Å². The second-order valence-corrected chi connectivity index (χ2v) is 4.64. The van der Waals surface area contributed by atoms with E-state index in [1.807, 2.05) is 20.8 Å². The molecule has 1 rings (SSSR count). The fraction of sp³-hybridized carbons (Fsp3) is 0.500. The van der Waals surface area contributed by atoms with Crippen molar-refractivity contribution in [1.82, 2.24) is 4.90 Å². The third-order valence-corrected chi connectivity index (χ3v) is 3.05. The summed E-state index contributed by atoms with van der Waals surface area (Å²) in [7, 11) is 2.00. The summed E-state index contributed by atoms with van der Waals surface area (Å²) >= 11 is 0. The Hall–Kier alpha value is -2.05. The quantitative estimate of drug-likeness (QED) is 0.796. The van der Waals surface area contributed by atoms with Crippen LogP contribution in [0, 0.1) is 6.92 Å². The van der Waals surface area contributed by atoms with E-state index in [0.29, 0.717) is 10.5 Å². The molecule has 1 aromatic carbocycles. The molecular weight excluding hydrogens is 311 g/mol. The standard InChI is InChI=1S/C14H16F3NO3.C2H6/c1-9-4-6-10(7-5-9)8-11(12(19)21-3)18(2)13(20)14(15,16)17;1-2/h4-7,11H,8H2,1-3H3;1-2H3. The molecule has 0 aliphatic carbocycles. The molecule has 0 bridgehead atoms. The van der Waals surface area contributed by atoms with Gasteiger partial charge in [0, 0.05) is 13.5 Å². The van der Waals surface area contributed by atoms with E-state index in [1.165, 1.54) is 0 Å². The highest BCUT2D eigenvalue weighted by molar-refractivity contribution is 5.87. The molecule has 0 aromatic heterocycles. The SMILES string of the molecule is CC.COC(=O)C(Cc1ccc(C)cc1)N(C)C(=O)C(F)(F)F. The average Bonchev–Trinajstić information content (AvgIpc) is 2.53. The van der Waals surface area contributed by atoms with Crippen LogP contribution in [-0.2, 0) is 20.7 Å². The molecule has 0 spiro atoms. The van der Waals surface area contributed by atoms with Crippen molar-refractivity contribution in [1.29, 1.82) is 0 Å². The molecule has 0 aliphatic heterocycles. The van der Waals surface area contributed by atoms with Gasteiger partial charge in [-0.15, -0.1) is 0 Å². The molecule has 0 saturated carbocycles. The van der Waals surface area contributed by atoms with E-state index in [2.05, 4.69) is 4.74 Å². The fourth-order valence-electron chi connectivity index (χ4n) is 1.80. The number of rotatable bonds is 4. The molecule has 0 fully saturated rings. The molecule has 1 aromatic rings. The van der Waals surface area contributed by atoms with Crippen molar-refractivity contribution < 1.29 is 27.5 Å². The predicted molar refractivity (Wildman–Crippen MR) is 80.9 cm³/mol. The Morgan fingerprint density at radius 3 is 2.04 bits per heavy atom. The summed E-state index contributed by atoms with van der Waals surface area (Å²) in [5.74, 6) is -2.97. The summed E-state index contributed by atoms with van der Waals surface area (Å²) in [6.45, 7) is 5.86. The van der Waals surface area contributed by atoms with E-state index in [4.69, 9.17) is 0 Å². The average molecular weight is 333 g/mol. The van der Waals surface area contributed by atoms with E-state index in [1.54, 1.807) is 24.3 Å². The predicted octanol–water partition coefficient (Wildman–Crippen LogP) is 3.13. The van der Waals surface area contributed by atoms with E-state index < -0.39 is 24.1 Å². The normalized spacial score (nSPS) is 11.8. The first kappa shape index (κ1) is 20.9. The van der Waals surface area contributed by atoms with Crippen LogP contribution in [0.5, 0.6) is 0 Å². The number of amides is 1. The van der Waals surface area contributed by atoms with Gasteiger partial charge in [0.25, 0.3) is 0 Å². The van der Waals surface area contributed by atoms with Crippen molar-refractivity contribution >= 4 is 11.9 Å². The maximum atomic E-state index is 12.5. The van der Waals surface area contributed by atoms with Gasteiger partial charge in [-0.05, 0) is 12.5 Å².